The lowest BCUT2D eigenvalue weighted by Crippen LogP contribution is -2.09. The second kappa shape index (κ2) is 5.84. The van der Waals surface area contributed by atoms with Crippen molar-refractivity contribution in [3.63, 3.8) is 0 Å². The number of hydrogen-bond acceptors (Lipinski definition) is 5. The minimum atomic E-state index is -0.334. The fraction of sp³-hybridized carbons (Fsp3) is 0.0625. The highest BCUT2D eigenvalue weighted by Gasteiger charge is 2.08. The standard InChI is InChI=1S/C16H11N3O2S/c17-7-6-15(21)18-11-4-5-13-14(9-11)22-16(19-13)10-2-1-3-12(20)8-10/h1-5,8-9,20H,6H2,(H,18,21). The number of hydrogen-bond donors (Lipinski definition) is 2. The van der Waals surface area contributed by atoms with Crippen LogP contribution in [0.4, 0.5) is 5.69 Å². The summed E-state index contributed by atoms with van der Waals surface area (Å²) in [6.07, 6.45) is -0.171. The van der Waals surface area contributed by atoms with Gasteiger partial charge in [0.1, 0.15) is 17.2 Å². The molecule has 3 rings (SSSR count). The average molecular weight is 309 g/mol. The summed E-state index contributed by atoms with van der Waals surface area (Å²) >= 11 is 1.48. The van der Waals surface area contributed by atoms with Gasteiger partial charge in [-0.05, 0) is 30.3 Å². The van der Waals surface area contributed by atoms with Crippen molar-refractivity contribution < 1.29 is 9.90 Å². The highest BCUT2D eigenvalue weighted by atomic mass is 32.1. The van der Waals surface area contributed by atoms with E-state index in [2.05, 4.69) is 10.3 Å². The molecule has 0 radical (unpaired) electrons. The summed E-state index contributed by atoms with van der Waals surface area (Å²) in [4.78, 5) is 16.0. The smallest absolute Gasteiger partial charge is 0.238 e. The zero-order valence-corrected chi connectivity index (χ0v) is 12.2. The van der Waals surface area contributed by atoms with Crippen LogP contribution in [-0.2, 0) is 4.79 Å². The zero-order valence-electron chi connectivity index (χ0n) is 11.4. The number of carbonyl (C=O) groups is 1. The number of nitrogens with one attached hydrogen (secondary N) is 1. The van der Waals surface area contributed by atoms with Gasteiger partial charge in [-0.1, -0.05) is 12.1 Å². The molecule has 6 heteroatoms. The summed E-state index contributed by atoms with van der Waals surface area (Å²) in [5.41, 5.74) is 2.30. The van der Waals surface area contributed by atoms with Crippen LogP contribution in [0.15, 0.2) is 42.5 Å². The molecule has 2 N–H and O–H groups in total. The Morgan fingerprint density at radius 3 is 2.95 bits per heavy atom. The molecule has 1 heterocycles. The molecule has 1 amide bonds. The fourth-order valence-electron chi connectivity index (χ4n) is 2.04. The van der Waals surface area contributed by atoms with Crippen LogP contribution in [0.2, 0.25) is 0 Å². The Hall–Kier alpha value is -2.91. The van der Waals surface area contributed by atoms with E-state index in [0.717, 1.165) is 20.8 Å². The third kappa shape index (κ3) is 2.90. The van der Waals surface area contributed by atoms with Crippen LogP contribution in [0.3, 0.4) is 0 Å². The number of nitriles is 1. The first-order valence-electron chi connectivity index (χ1n) is 6.52. The molecule has 108 valence electrons. The third-order valence-corrected chi connectivity index (χ3v) is 4.07. The molecule has 0 unspecified atom stereocenters. The number of phenols is 1. The van der Waals surface area contributed by atoms with Crippen molar-refractivity contribution in [3.8, 4) is 22.4 Å². The molecule has 0 aliphatic rings. The van der Waals surface area contributed by atoms with Gasteiger partial charge in [-0.25, -0.2) is 4.98 Å². The molecule has 0 aliphatic carbocycles. The van der Waals surface area contributed by atoms with Gasteiger partial charge < -0.3 is 10.4 Å². The van der Waals surface area contributed by atoms with Gasteiger partial charge in [-0.3, -0.25) is 4.79 Å². The molecule has 0 fully saturated rings. The van der Waals surface area contributed by atoms with Crippen molar-refractivity contribution in [2.45, 2.75) is 6.42 Å². The molecule has 2 aromatic carbocycles. The first-order valence-corrected chi connectivity index (χ1v) is 7.34. The highest BCUT2D eigenvalue weighted by Crippen LogP contribution is 2.32. The molecular weight excluding hydrogens is 298 g/mol. The molecule has 0 spiro atoms. The Bertz CT molecular complexity index is 896. The molecule has 1 aromatic heterocycles. The molecule has 0 bridgehead atoms. The van der Waals surface area contributed by atoms with E-state index in [4.69, 9.17) is 5.26 Å². The second-order valence-electron chi connectivity index (χ2n) is 4.63. The Balaban J connectivity index is 1.94. The molecule has 0 aliphatic heterocycles. The molecule has 0 saturated carbocycles. The molecule has 3 aromatic rings. The largest absolute Gasteiger partial charge is 0.508 e. The van der Waals surface area contributed by atoms with E-state index in [9.17, 15) is 9.90 Å². The van der Waals surface area contributed by atoms with Crippen LogP contribution < -0.4 is 5.32 Å². The number of aromatic nitrogens is 1. The first-order chi connectivity index (χ1) is 10.7. The maximum absolute atomic E-state index is 11.4. The van der Waals surface area contributed by atoms with Crippen LogP contribution in [0.1, 0.15) is 6.42 Å². The van der Waals surface area contributed by atoms with Gasteiger partial charge in [-0.2, -0.15) is 5.26 Å². The number of rotatable bonds is 3. The van der Waals surface area contributed by atoms with Gasteiger partial charge in [0.2, 0.25) is 5.91 Å². The molecule has 5 nitrogen and oxygen atoms in total. The Labute approximate surface area is 130 Å². The number of nitrogens with zero attached hydrogens (tertiary/aromatic N) is 2. The second-order valence-corrected chi connectivity index (χ2v) is 5.67. The first kappa shape index (κ1) is 14.0. The SMILES string of the molecule is N#CCC(=O)Nc1ccc2nc(-c3cccc(O)c3)sc2c1. The summed E-state index contributed by atoms with van der Waals surface area (Å²) < 4.78 is 0.924. The van der Waals surface area contributed by atoms with Gasteiger partial charge in [0.15, 0.2) is 0 Å². The van der Waals surface area contributed by atoms with E-state index >= 15 is 0 Å². The maximum Gasteiger partial charge on any atom is 0.238 e. The average Bonchev–Trinajstić information content (AvgIpc) is 2.90. The van der Waals surface area contributed by atoms with Crippen molar-refractivity contribution in [2.24, 2.45) is 0 Å². The zero-order chi connectivity index (χ0) is 15.5. The van der Waals surface area contributed by atoms with E-state index in [1.165, 1.54) is 11.3 Å². The molecule has 22 heavy (non-hydrogen) atoms. The van der Waals surface area contributed by atoms with Crippen molar-refractivity contribution >= 4 is 33.1 Å². The molecular formula is C16H11N3O2S. The number of fused-ring (bicyclic) bond motifs is 1. The van der Waals surface area contributed by atoms with E-state index < -0.39 is 0 Å². The summed E-state index contributed by atoms with van der Waals surface area (Å²) in [5.74, 6) is -0.138. The molecule has 0 atom stereocenters. The highest BCUT2D eigenvalue weighted by molar-refractivity contribution is 7.21. The number of benzene rings is 2. The van der Waals surface area contributed by atoms with Gasteiger partial charge in [0.05, 0.1) is 16.3 Å². The summed E-state index contributed by atoms with van der Waals surface area (Å²) in [6.45, 7) is 0. The minimum absolute atomic E-state index is 0.171. The van der Waals surface area contributed by atoms with E-state index in [1.807, 2.05) is 24.3 Å². The van der Waals surface area contributed by atoms with Crippen LogP contribution in [0, 0.1) is 11.3 Å². The lowest BCUT2D eigenvalue weighted by molar-refractivity contribution is -0.115. The summed E-state index contributed by atoms with van der Waals surface area (Å²) in [5, 5.41) is 21.5. The summed E-state index contributed by atoms with van der Waals surface area (Å²) in [6, 6.07) is 14.1. The number of thiazole rings is 1. The Morgan fingerprint density at radius 1 is 1.32 bits per heavy atom. The lowest BCUT2D eigenvalue weighted by Gasteiger charge is -2.01. The number of carbonyl (C=O) groups excluding carboxylic acids is 1. The number of phenolic OH excluding ortho intramolecular Hbond substituents is 1. The van der Waals surface area contributed by atoms with Gasteiger partial charge in [0, 0.05) is 11.3 Å². The predicted octanol–water partition coefficient (Wildman–Crippen LogP) is 3.52. The monoisotopic (exact) mass is 309 g/mol. The lowest BCUT2D eigenvalue weighted by atomic mass is 10.2. The third-order valence-electron chi connectivity index (χ3n) is 3.00. The van der Waals surface area contributed by atoms with Crippen LogP contribution in [0.5, 0.6) is 5.75 Å². The Morgan fingerprint density at radius 2 is 2.18 bits per heavy atom. The van der Waals surface area contributed by atoms with Gasteiger partial charge in [0.25, 0.3) is 0 Å². The van der Waals surface area contributed by atoms with E-state index in [0.29, 0.717) is 5.69 Å². The van der Waals surface area contributed by atoms with Gasteiger partial charge >= 0.3 is 0 Å². The predicted molar refractivity (Wildman–Crippen MR) is 85.6 cm³/mol. The van der Waals surface area contributed by atoms with Crippen molar-refractivity contribution in [3.05, 3.63) is 42.5 Å². The number of anilines is 1. The number of aromatic hydroxyl groups is 1. The minimum Gasteiger partial charge on any atom is -0.508 e. The summed E-state index contributed by atoms with van der Waals surface area (Å²) in [7, 11) is 0. The van der Waals surface area contributed by atoms with Gasteiger partial charge in [-0.15, -0.1) is 11.3 Å². The topological polar surface area (TPSA) is 86.0 Å². The van der Waals surface area contributed by atoms with Crippen LogP contribution in [0.25, 0.3) is 20.8 Å². The van der Waals surface area contributed by atoms with Crippen molar-refractivity contribution in [2.75, 3.05) is 5.32 Å². The van der Waals surface area contributed by atoms with E-state index in [-0.39, 0.29) is 18.1 Å². The normalized spacial score (nSPS) is 10.3. The molecule has 0 saturated heterocycles. The Kier molecular flexibility index (Phi) is 3.73. The van der Waals surface area contributed by atoms with Crippen LogP contribution >= 0.6 is 11.3 Å². The van der Waals surface area contributed by atoms with Crippen LogP contribution in [-0.4, -0.2) is 16.0 Å². The van der Waals surface area contributed by atoms with E-state index in [1.54, 1.807) is 24.3 Å². The maximum atomic E-state index is 11.4. The number of amides is 1. The fourth-order valence-corrected chi connectivity index (χ4v) is 3.04. The van der Waals surface area contributed by atoms with Crippen molar-refractivity contribution in [1.82, 2.24) is 4.98 Å². The quantitative estimate of drug-likeness (QED) is 0.775. The van der Waals surface area contributed by atoms with Crippen molar-refractivity contribution in [1.29, 1.82) is 5.26 Å².